The van der Waals surface area contributed by atoms with E-state index in [0.29, 0.717) is 13.1 Å². The lowest BCUT2D eigenvalue weighted by Crippen LogP contribution is -2.48. The van der Waals surface area contributed by atoms with Gasteiger partial charge in [0, 0.05) is 26.2 Å². The molecule has 0 aliphatic carbocycles. The smallest absolute Gasteiger partial charge is 0.274 e. The molecule has 1 saturated heterocycles. The van der Waals surface area contributed by atoms with Crippen molar-refractivity contribution in [3.05, 3.63) is 47.7 Å². The lowest BCUT2D eigenvalue weighted by molar-refractivity contribution is 0.0637. The minimum absolute atomic E-state index is 0.113. The van der Waals surface area contributed by atoms with Crippen molar-refractivity contribution in [2.45, 2.75) is 6.92 Å². The maximum absolute atomic E-state index is 13.7. The summed E-state index contributed by atoms with van der Waals surface area (Å²) in [6.45, 7) is 5.88. The van der Waals surface area contributed by atoms with Crippen LogP contribution in [0.5, 0.6) is 0 Å². The topological polar surface area (TPSA) is 61.4 Å². The van der Waals surface area contributed by atoms with Gasteiger partial charge in [-0.15, -0.1) is 0 Å². The number of amides is 1. The number of carbonyl (C=O) groups excluding carboxylic acids is 1. The summed E-state index contributed by atoms with van der Waals surface area (Å²) in [5, 5.41) is 2.51. The standard InChI is InChI=1S/C17H18F3N5O/c1-2-24-5-7-25(8-6-24)17(26)13-9-22-14(10-21-13)23-12-4-3-11(18)15(19)16(12)20/h3-4,9-10H,2,5-8H2,1H3,(H,22,23). The van der Waals surface area contributed by atoms with E-state index < -0.39 is 17.5 Å². The van der Waals surface area contributed by atoms with E-state index in [9.17, 15) is 18.0 Å². The summed E-state index contributed by atoms with van der Waals surface area (Å²) in [7, 11) is 0. The Morgan fingerprint density at radius 3 is 2.42 bits per heavy atom. The summed E-state index contributed by atoms with van der Waals surface area (Å²) in [5.41, 5.74) is -0.0979. The molecule has 0 bridgehead atoms. The third-order valence-electron chi connectivity index (χ3n) is 4.28. The molecule has 1 aliphatic heterocycles. The molecule has 0 unspecified atom stereocenters. The van der Waals surface area contributed by atoms with Crippen molar-refractivity contribution in [3.63, 3.8) is 0 Å². The highest BCUT2D eigenvalue weighted by Crippen LogP contribution is 2.22. The van der Waals surface area contributed by atoms with Crippen molar-refractivity contribution in [1.82, 2.24) is 19.8 Å². The summed E-state index contributed by atoms with van der Waals surface area (Å²) in [6, 6.07) is 1.86. The Morgan fingerprint density at radius 1 is 1.08 bits per heavy atom. The Bertz CT molecular complexity index is 792. The van der Waals surface area contributed by atoms with Gasteiger partial charge >= 0.3 is 0 Å². The highest BCUT2D eigenvalue weighted by Gasteiger charge is 2.22. The van der Waals surface area contributed by atoms with E-state index >= 15 is 0 Å². The fourth-order valence-corrected chi connectivity index (χ4v) is 2.69. The molecule has 1 aliphatic rings. The number of anilines is 2. The number of halogens is 3. The van der Waals surface area contributed by atoms with Crippen LogP contribution in [0.25, 0.3) is 0 Å². The first-order chi connectivity index (χ1) is 12.5. The van der Waals surface area contributed by atoms with Gasteiger partial charge in [-0.3, -0.25) is 4.79 Å². The van der Waals surface area contributed by atoms with Gasteiger partial charge in [0.25, 0.3) is 5.91 Å². The van der Waals surface area contributed by atoms with Crippen molar-refractivity contribution in [2.75, 3.05) is 38.0 Å². The highest BCUT2D eigenvalue weighted by atomic mass is 19.2. The minimum atomic E-state index is -1.57. The Kier molecular flexibility index (Phi) is 5.36. The second-order valence-electron chi connectivity index (χ2n) is 5.86. The molecule has 2 aromatic rings. The number of benzene rings is 1. The van der Waals surface area contributed by atoms with Gasteiger partial charge in [0.1, 0.15) is 11.5 Å². The number of hydrogen-bond acceptors (Lipinski definition) is 5. The zero-order valence-electron chi connectivity index (χ0n) is 14.2. The summed E-state index contributed by atoms with van der Waals surface area (Å²) in [5.74, 6) is -4.30. The summed E-state index contributed by atoms with van der Waals surface area (Å²) in [4.78, 5) is 24.4. The minimum Gasteiger partial charge on any atom is -0.336 e. The van der Waals surface area contributed by atoms with Crippen molar-refractivity contribution in [2.24, 2.45) is 0 Å². The number of nitrogens with zero attached hydrogens (tertiary/aromatic N) is 4. The van der Waals surface area contributed by atoms with Gasteiger partial charge in [-0.2, -0.15) is 0 Å². The highest BCUT2D eigenvalue weighted by molar-refractivity contribution is 5.92. The Morgan fingerprint density at radius 2 is 1.81 bits per heavy atom. The average molecular weight is 365 g/mol. The largest absolute Gasteiger partial charge is 0.336 e. The van der Waals surface area contributed by atoms with Crippen LogP contribution in [0.15, 0.2) is 24.5 Å². The molecule has 0 atom stereocenters. The van der Waals surface area contributed by atoms with E-state index in [1.165, 1.54) is 12.4 Å². The summed E-state index contributed by atoms with van der Waals surface area (Å²) < 4.78 is 39.9. The molecule has 9 heteroatoms. The Hall–Kier alpha value is -2.68. The fourth-order valence-electron chi connectivity index (χ4n) is 2.69. The third-order valence-corrected chi connectivity index (χ3v) is 4.28. The van der Waals surface area contributed by atoms with Gasteiger partial charge in [0.2, 0.25) is 0 Å². The second-order valence-corrected chi connectivity index (χ2v) is 5.86. The molecule has 0 saturated carbocycles. The van der Waals surface area contributed by atoms with E-state index in [-0.39, 0.29) is 23.1 Å². The number of piperazine rings is 1. The number of aromatic nitrogens is 2. The average Bonchev–Trinajstić information content (AvgIpc) is 2.68. The molecule has 138 valence electrons. The molecule has 2 heterocycles. The first kappa shape index (κ1) is 18.1. The molecule has 3 rings (SSSR count). The maximum Gasteiger partial charge on any atom is 0.274 e. The van der Waals surface area contributed by atoms with Crippen LogP contribution in [0.2, 0.25) is 0 Å². The summed E-state index contributed by atoms with van der Waals surface area (Å²) in [6.07, 6.45) is 2.52. The van der Waals surface area contributed by atoms with Gasteiger partial charge < -0.3 is 15.1 Å². The molecule has 0 spiro atoms. The first-order valence-corrected chi connectivity index (χ1v) is 8.23. The van der Waals surface area contributed by atoms with Gasteiger partial charge in [-0.1, -0.05) is 6.92 Å². The van der Waals surface area contributed by atoms with Crippen LogP contribution in [0, 0.1) is 17.5 Å². The van der Waals surface area contributed by atoms with Gasteiger partial charge in [-0.25, -0.2) is 23.1 Å². The first-order valence-electron chi connectivity index (χ1n) is 8.23. The number of carbonyl (C=O) groups is 1. The molecular formula is C17H18F3N5O. The van der Waals surface area contributed by atoms with Crippen LogP contribution in [-0.2, 0) is 0 Å². The van der Waals surface area contributed by atoms with E-state index in [2.05, 4.69) is 27.1 Å². The Labute approximate surface area is 148 Å². The molecule has 1 aromatic carbocycles. The summed E-state index contributed by atoms with van der Waals surface area (Å²) >= 11 is 0. The van der Waals surface area contributed by atoms with Crippen molar-refractivity contribution >= 4 is 17.4 Å². The van der Waals surface area contributed by atoms with E-state index in [1.54, 1.807) is 4.90 Å². The van der Waals surface area contributed by atoms with Crippen LogP contribution in [0.3, 0.4) is 0 Å². The van der Waals surface area contributed by atoms with Crippen LogP contribution >= 0.6 is 0 Å². The van der Waals surface area contributed by atoms with E-state index in [0.717, 1.165) is 31.8 Å². The maximum atomic E-state index is 13.7. The predicted octanol–water partition coefficient (Wildman–Crippen LogP) is 2.42. The van der Waals surface area contributed by atoms with Crippen LogP contribution in [0.1, 0.15) is 17.4 Å². The lowest BCUT2D eigenvalue weighted by Gasteiger charge is -2.33. The van der Waals surface area contributed by atoms with Crippen LogP contribution < -0.4 is 5.32 Å². The van der Waals surface area contributed by atoms with Gasteiger partial charge in [0.05, 0.1) is 18.1 Å². The monoisotopic (exact) mass is 365 g/mol. The number of hydrogen-bond donors (Lipinski definition) is 1. The molecule has 26 heavy (non-hydrogen) atoms. The molecular weight excluding hydrogens is 347 g/mol. The van der Waals surface area contributed by atoms with Crippen molar-refractivity contribution < 1.29 is 18.0 Å². The normalized spacial score (nSPS) is 15.2. The third kappa shape index (κ3) is 3.77. The predicted molar refractivity (Wildman–Crippen MR) is 89.6 cm³/mol. The Balaban J connectivity index is 1.67. The SMILES string of the molecule is CCN1CCN(C(=O)c2cnc(Nc3ccc(F)c(F)c3F)cn2)CC1. The lowest BCUT2D eigenvalue weighted by atomic mass is 10.2. The quantitative estimate of drug-likeness (QED) is 0.844. The molecule has 1 N–H and O–H groups in total. The fraction of sp³-hybridized carbons (Fsp3) is 0.353. The number of nitrogens with one attached hydrogen (secondary N) is 1. The molecule has 6 nitrogen and oxygen atoms in total. The molecule has 0 radical (unpaired) electrons. The van der Waals surface area contributed by atoms with E-state index in [4.69, 9.17) is 0 Å². The van der Waals surface area contributed by atoms with Crippen molar-refractivity contribution in [1.29, 1.82) is 0 Å². The van der Waals surface area contributed by atoms with Crippen LogP contribution in [0.4, 0.5) is 24.7 Å². The molecule has 1 aromatic heterocycles. The molecule has 1 amide bonds. The number of likely N-dealkylation sites (N-methyl/N-ethyl adjacent to an activating group) is 1. The van der Waals surface area contributed by atoms with Gasteiger partial charge in [-0.05, 0) is 18.7 Å². The molecule has 1 fully saturated rings. The number of rotatable bonds is 4. The van der Waals surface area contributed by atoms with Crippen molar-refractivity contribution in [3.8, 4) is 0 Å². The van der Waals surface area contributed by atoms with E-state index in [1.807, 2.05) is 0 Å². The van der Waals surface area contributed by atoms with Gasteiger partial charge in [0.15, 0.2) is 17.5 Å². The second kappa shape index (κ2) is 7.69. The van der Waals surface area contributed by atoms with Crippen LogP contribution in [-0.4, -0.2) is 58.4 Å². The zero-order chi connectivity index (χ0) is 18.7. The zero-order valence-corrected chi connectivity index (χ0v) is 14.2.